The van der Waals surface area contributed by atoms with Crippen LogP contribution >= 0.6 is 11.3 Å². The first kappa shape index (κ1) is 13.1. The number of carbonyl (C=O) groups excluding carboxylic acids is 1. The Hall–Kier alpha value is -0.870. The van der Waals surface area contributed by atoms with E-state index in [1.807, 2.05) is 0 Å². The van der Waals surface area contributed by atoms with Crippen LogP contribution in [0, 0.1) is 12.8 Å². The summed E-state index contributed by atoms with van der Waals surface area (Å²) in [7, 11) is 0. The van der Waals surface area contributed by atoms with Crippen LogP contribution in [0.2, 0.25) is 0 Å². The summed E-state index contributed by atoms with van der Waals surface area (Å²) in [6.45, 7) is 2.12. The van der Waals surface area contributed by atoms with Gasteiger partial charge in [-0.15, -0.1) is 11.3 Å². The lowest BCUT2D eigenvalue weighted by Gasteiger charge is -2.28. The van der Waals surface area contributed by atoms with Gasteiger partial charge in [0.15, 0.2) is 0 Å². The van der Waals surface area contributed by atoms with Gasteiger partial charge in [-0.1, -0.05) is 12.8 Å². The third kappa shape index (κ3) is 2.70. The van der Waals surface area contributed by atoms with Crippen LogP contribution in [0.5, 0.6) is 0 Å². The highest BCUT2D eigenvalue weighted by atomic mass is 32.1. The summed E-state index contributed by atoms with van der Waals surface area (Å²) >= 11 is 1.76. The van der Waals surface area contributed by atoms with E-state index in [0.717, 1.165) is 32.1 Å². The summed E-state index contributed by atoms with van der Waals surface area (Å²) in [6.07, 6.45) is 4.55. The van der Waals surface area contributed by atoms with Crippen molar-refractivity contribution in [3.05, 3.63) is 21.9 Å². The van der Waals surface area contributed by atoms with Crippen molar-refractivity contribution < 1.29 is 9.90 Å². The molecule has 2 fully saturated rings. The fourth-order valence-electron chi connectivity index (χ4n) is 3.11. The molecule has 0 aliphatic heterocycles. The van der Waals surface area contributed by atoms with Crippen molar-refractivity contribution in [2.75, 3.05) is 0 Å². The van der Waals surface area contributed by atoms with E-state index in [1.165, 1.54) is 10.4 Å². The lowest BCUT2D eigenvalue weighted by molar-refractivity contribution is -0.124. The number of aryl methyl sites for hydroxylation is 1. The van der Waals surface area contributed by atoms with E-state index in [2.05, 4.69) is 23.7 Å². The summed E-state index contributed by atoms with van der Waals surface area (Å²) in [5.41, 5.74) is 1.31. The summed E-state index contributed by atoms with van der Waals surface area (Å²) in [5.74, 6) is 0.691. The summed E-state index contributed by atoms with van der Waals surface area (Å²) in [4.78, 5) is 13.6. The van der Waals surface area contributed by atoms with Crippen molar-refractivity contribution in [1.29, 1.82) is 0 Å². The summed E-state index contributed by atoms with van der Waals surface area (Å²) in [6, 6.07) is 2.10. The van der Waals surface area contributed by atoms with Gasteiger partial charge in [-0.05, 0) is 43.2 Å². The highest BCUT2D eigenvalue weighted by Crippen LogP contribution is 2.50. The Bertz CT molecular complexity index is 470. The minimum Gasteiger partial charge on any atom is -0.391 e. The Morgan fingerprint density at radius 3 is 2.89 bits per heavy atom. The zero-order valence-electron chi connectivity index (χ0n) is 11.3. The van der Waals surface area contributed by atoms with Gasteiger partial charge in [-0.25, -0.2) is 0 Å². The molecule has 3 nitrogen and oxygen atoms in total. The molecule has 1 amide bonds. The first-order valence-electron chi connectivity index (χ1n) is 7.19. The van der Waals surface area contributed by atoms with Crippen molar-refractivity contribution in [1.82, 2.24) is 5.32 Å². The molecule has 0 aromatic carbocycles. The molecule has 2 N–H and O–H groups in total. The lowest BCUT2D eigenvalue weighted by Crippen LogP contribution is -2.45. The number of aliphatic hydroxyl groups excluding tert-OH is 1. The number of hydrogen-bond acceptors (Lipinski definition) is 3. The van der Waals surface area contributed by atoms with Gasteiger partial charge in [0.25, 0.3) is 0 Å². The van der Waals surface area contributed by atoms with Crippen LogP contribution in [0.1, 0.15) is 48.5 Å². The van der Waals surface area contributed by atoms with E-state index in [9.17, 15) is 9.90 Å². The molecular weight excluding hydrogens is 258 g/mol. The molecule has 0 radical (unpaired) electrons. The third-order valence-electron chi connectivity index (χ3n) is 4.42. The molecule has 2 saturated carbocycles. The number of carbonyl (C=O) groups is 1. The molecule has 2 aliphatic rings. The molecule has 0 saturated heterocycles. The fourth-order valence-corrected chi connectivity index (χ4v) is 4.22. The van der Waals surface area contributed by atoms with Crippen molar-refractivity contribution in [2.45, 2.75) is 57.1 Å². The van der Waals surface area contributed by atoms with Gasteiger partial charge in [-0.3, -0.25) is 4.79 Å². The monoisotopic (exact) mass is 279 g/mol. The van der Waals surface area contributed by atoms with Crippen molar-refractivity contribution in [2.24, 2.45) is 5.92 Å². The third-order valence-corrected chi connectivity index (χ3v) is 5.57. The minimum atomic E-state index is -0.349. The molecule has 0 bridgehead atoms. The Morgan fingerprint density at radius 2 is 2.21 bits per heavy atom. The lowest BCUT2D eigenvalue weighted by atomic mass is 9.92. The predicted molar refractivity (Wildman–Crippen MR) is 76.3 cm³/mol. The van der Waals surface area contributed by atoms with E-state index < -0.39 is 0 Å². The molecule has 4 heteroatoms. The average molecular weight is 279 g/mol. The van der Waals surface area contributed by atoms with Crippen LogP contribution in [-0.2, 0) is 4.79 Å². The molecule has 1 heterocycles. The maximum Gasteiger partial charge on any atom is 0.224 e. The van der Waals surface area contributed by atoms with E-state index in [4.69, 9.17) is 0 Å². The van der Waals surface area contributed by atoms with E-state index >= 15 is 0 Å². The van der Waals surface area contributed by atoms with Gasteiger partial charge in [-0.2, -0.15) is 0 Å². The molecular formula is C15H21NO2S. The Morgan fingerprint density at radius 1 is 1.42 bits per heavy atom. The van der Waals surface area contributed by atoms with E-state index in [-0.39, 0.29) is 24.0 Å². The molecule has 2 aliphatic carbocycles. The standard InChI is InChI=1S/C15H21NO2S/c1-9-6-7-19-14(9)10-8-11(10)15(18)16-12-4-2-3-5-13(12)17/h6-7,10-13,17H,2-5,8H2,1H3,(H,16,18). The smallest absolute Gasteiger partial charge is 0.224 e. The van der Waals surface area contributed by atoms with Gasteiger partial charge in [0.1, 0.15) is 0 Å². The number of thiophene rings is 1. The van der Waals surface area contributed by atoms with Gasteiger partial charge in [0.05, 0.1) is 12.1 Å². The molecule has 3 rings (SSSR count). The summed E-state index contributed by atoms with van der Waals surface area (Å²) < 4.78 is 0. The zero-order chi connectivity index (χ0) is 13.4. The van der Waals surface area contributed by atoms with Crippen LogP contribution in [0.15, 0.2) is 11.4 Å². The minimum absolute atomic E-state index is 0.0214. The number of aliphatic hydroxyl groups is 1. The van der Waals surface area contributed by atoms with Gasteiger partial charge >= 0.3 is 0 Å². The second kappa shape index (κ2) is 5.25. The van der Waals surface area contributed by atoms with Gasteiger partial charge in [0, 0.05) is 16.7 Å². The van der Waals surface area contributed by atoms with Crippen LogP contribution in [-0.4, -0.2) is 23.2 Å². The SMILES string of the molecule is Cc1ccsc1C1CC1C(=O)NC1CCCCC1O. The normalized spacial score (nSPS) is 34.0. The topological polar surface area (TPSA) is 49.3 Å². The predicted octanol–water partition coefficient (Wildman–Crippen LogP) is 2.58. The van der Waals surface area contributed by atoms with Crippen LogP contribution < -0.4 is 5.32 Å². The molecule has 4 atom stereocenters. The van der Waals surface area contributed by atoms with Gasteiger partial charge < -0.3 is 10.4 Å². The highest BCUT2D eigenvalue weighted by Gasteiger charge is 2.46. The first-order chi connectivity index (χ1) is 9.16. The molecule has 1 aromatic heterocycles. The molecule has 104 valence electrons. The Balaban J connectivity index is 1.56. The molecule has 0 spiro atoms. The van der Waals surface area contributed by atoms with Crippen LogP contribution in [0.25, 0.3) is 0 Å². The number of nitrogens with one attached hydrogen (secondary N) is 1. The number of hydrogen-bond donors (Lipinski definition) is 2. The number of amides is 1. The quantitative estimate of drug-likeness (QED) is 0.893. The summed E-state index contributed by atoms with van der Waals surface area (Å²) in [5, 5.41) is 15.1. The molecule has 19 heavy (non-hydrogen) atoms. The van der Waals surface area contributed by atoms with Crippen LogP contribution in [0.4, 0.5) is 0 Å². The maximum absolute atomic E-state index is 12.2. The second-order valence-electron chi connectivity index (χ2n) is 5.88. The number of rotatable bonds is 3. The Labute approximate surface area is 118 Å². The average Bonchev–Trinajstić information content (AvgIpc) is 3.08. The van der Waals surface area contributed by atoms with Crippen LogP contribution in [0.3, 0.4) is 0 Å². The largest absolute Gasteiger partial charge is 0.391 e. The van der Waals surface area contributed by atoms with E-state index in [1.54, 1.807) is 11.3 Å². The highest BCUT2D eigenvalue weighted by molar-refractivity contribution is 7.10. The van der Waals surface area contributed by atoms with Crippen molar-refractivity contribution in [3.8, 4) is 0 Å². The van der Waals surface area contributed by atoms with Crippen molar-refractivity contribution >= 4 is 17.2 Å². The maximum atomic E-state index is 12.2. The van der Waals surface area contributed by atoms with E-state index in [0.29, 0.717) is 5.92 Å². The molecule has 4 unspecified atom stereocenters. The van der Waals surface area contributed by atoms with Gasteiger partial charge in [0.2, 0.25) is 5.91 Å². The Kier molecular flexibility index (Phi) is 3.63. The van der Waals surface area contributed by atoms with Crippen molar-refractivity contribution in [3.63, 3.8) is 0 Å². The molecule has 1 aromatic rings. The first-order valence-corrected chi connectivity index (χ1v) is 8.07. The second-order valence-corrected chi connectivity index (χ2v) is 6.83. The zero-order valence-corrected chi connectivity index (χ0v) is 12.1. The fraction of sp³-hybridized carbons (Fsp3) is 0.667.